The molecule has 0 saturated carbocycles. The molecule has 0 aliphatic carbocycles. The SMILES string of the molecule is CCOC(=O)C1=C(C)N=c2s/c(=C/c3ccc(OC(C)=O)c(OC)c3)c(=O)n2C1c1ccc(OC(C)=O)cc1. The molecule has 39 heavy (non-hydrogen) atoms. The predicted octanol–water partition coefficient (Wildman–Crippen LogP) is 2.66. The summed E-state index contributed by atoms with van der Waals surface area (Å²) in [6.07, 6.45) is 1.67. The number of aromatic nitrogens is 1. The van der Waals surface area contributed by atoms with Gasteiger partial charge in [0.05, 0.1) is 35.6 Å². The summed E-state index contributed by atoms with van der Waals surface area (Å²) in [5, 5.41) is 0. The highest BCUT2D eigenvalue weighted by molar-refractivity contribution is 7.07. The monoisotopic (exact) mass is 550 g/mol. The molecule has 0 N–H and O–H groups in total. The summed E-state index contributed by atoms with van der Waals surface area (Å²) in [6.45, 7) is 6.15. The zero-order chi connectivity index (χ0) is 28.3. The van der Waals surface area contributed by atoms with Crippen LogP contribution in [0.5, 0.6) is 17.2 Å². The van der Waals surface area contributed by atoms with Crippen LogP contribution in [0.15, 0.2) is 63.5 Å². The van der Waals surface area contributed by atoms with Crippen molar-refractivity contribution in [3.8, 4) is 17.2 Å². The second-order valence-corrected chi connectivity index (χ2v) is 9.48. The molecular weight excluding hydrogens is 524 g/mol. The maximum Gasteiger partial charge on any atom is 0.338 e. The van der Waals surface area contributed by atoms with Crippen LogP contribution >= 0.6 is 11.3 Å². The number of thiazole rings is 1. The van der Waals surface area contributed by atoms with Crippen molar-refractivity contribution in [3.63, 3.8) is 0 Å². The van der Waals surface area contributed by atoms with Crippen LogP contribution in [0.4, 0.5) is 0 Å². The lowest BCUT2D eigenvalue weighted by Gasteiger charge is -2.24. The first kappa shape index (κ1) is 27.5. The Kier molecular flexibility index (Phi) is 8.10. The largest absolute Gasteiger partial charge is 0.493 e. The molecule has 0 saturated heterocycles. The smallest absolute Gasteiger partial charge is 0.338 e. The second-order valence-electron chi connectivity index (χ2n) is 8.47. The number of rotatable bonds is 7. The summed E-state index contributed by atoms with van der Waals surface area (Å²) < 4.78 is 22.8. The number of hydrogen-bond acceptors (Lipinski definition) is 10. The third-order valence-electron chi connectivity index (χ3n) is 5.71. The Morgan fingerprint density at radius 1 is 1.03 bits per heavy atom. The summed E-state index contributed by atoms with van der Waals surface area (Å²) >= 11 is 1.17. The van der Waals surface area contributed by atoms with Crippen molar-refractivity contribution in [2.45, 2.75) is 33.7 Å². The predicted molar refractivity (Wildman–Crippen MR) is 142 cm³/mol. The summed E-state index contributed by atoms with van der Waals surface area (Å²) in [6, 6.07) is 10.7. The number of carbonyl (C=O) groups is 3. The van der Waals surface area contributed by atoms with Crippen molar-refractivity contribution in [1.29, 1.82) is 0 Å². The van der Waals surface area contributed by atoms with Crippen molar-refractivity contribution in [1.82, 2.24) is 4.57 Å². The Labute approximate surface area is 227 Å². The molecule has 4 rings (SSSR count). The van der Waals surface area contributed by atoms with Crippen molar-refractivity contribution >= 4 is 35.3 Å². The van der Waals surface area contributed by atoms with Crippen LogP contribution in [0.1, 0.15) is 44.9 Å². The third kappa shape index (κ3) is 5.83. The molecule has 1 unspecified atom stereocenters. The van der Waals surface area contributed by atoms with Crippen molar-refractivity contribution in [2.24, 2.45) is 4.99 Å². The lowest BCUT2D eigenvalue weighted by Crippen LogP contribution is -2.39. The second kappa shape index (κ2) is 11.5. The van der Waals surface area contributed by atoms with Crippen LogP contribution in [-0.2, 0) is 19.1 Å². The van der Waals surface area contributed by atoms with Gasteiger partial charge in [0.2, 0.25) is 0 Å². The van der Waals surface area contributed by atoms with Gasteiger partial charge in [0.1, 0.15) is 5.75 Å². The molecule has 0 radical (unpaired) electrons. The van der Waals surface area contributed by atoms with Crippen LogP contribution in [0.3, 0.4) is 0 Å². The lowest BCUT2D eigenvalue weighted by atomic mass is 9.96. The van der Waals surface area contributed by atoms with E-state index in [1.165, 1.54) is 36.9 Å². The van der Waals surface area contributed by atoms with Gasteiger partial charge >= 0.3 is 17.9 Å². The Balaban J connectivity index is 1.86. The maximum absolute atomic E-state index is 13.8. The standard InChI is InChI=1S/C28H26N2O8S/c1-6-36-27(34)24-15(2)29-28-30(25(24)19-8-10-20(11-9-19)37-16(3)31)26(33)23(39-28)14-18-7-12-21(38-17(4)32)22(13-18)35-5/h7-14,25H,6H2,1-5H3/b23-14+. The molecule has 0 bridgehead atoms. The third-order valence-corrected chi connectivity index (χ3v) is 6.70. The highest BCUT2D eigenvalue weighted by atomic mass is 32.1. The van der Waals surface area contributed by atoms with E-state index in [1.54, 1.807) is 62.4 Å². The molecular formula is C28H26N2O8S. The maximum atomic E-state index is 13.8. The number of ether oxygens (including phenoxy) is 4. The molecule has 1 aromatic heterocycles. The van der Waals surface area contributed by atoms with E-state index in [1.807, 2.05) is 0 Å². The molecule has 1 atom stereocenters. The number of benzene rings is 2. The van der Waals surface area contributed by atoms with E-state index in [-0.39, 0.29) is 23.5 Å². The average molecular weight is 551 g/mol. The van der Waals surface area contributed by atoms with E-state index in [4.69, 9.17) is 18.9 Å². The number of methoxy groups -OCH3 is 1. The van der Waals surface area contributed by atoms with E-state index in [2.05, 4.69) is 4.99 Å². The molecule has 0 spiro atoms. The molecule has 2 aromatic carbocycles. The molecule has 11 heteroatoms. The quantitative estimate of drug-likeness (QED) is 0.325. The van der Waals surface area contributed by atoms with E-state index >= 15 is 0 Å². The average Bonchev–Trinajstić information content (AvgIpc) is 3.18. The molecule has 0 fully saturated rings. The minimum Gasteiger partial charge on any atom is -0.493 e. The Morgan fingerprint density at radius 3 is 2.33 bits per heavy atom. The number of esters is 3. The van der Waals surface area contributed by atoms with E-state index in [9.17, 15) is 19.2 Å². The number of carbonyl (C=O) groups excluding carboxylic acids is 3. The number of allylic oxidation sites excluding steroid dienone is 1. The minimum atomic E-state index is -0.810. The Hall–Kier alpha value is -4.51. The zero-order valence-corrected chi connectivity index (χ0v) is 22.8. The van der Waals surface area contributed by atoms with E-state index in [0.717, 1.165) is 0 Å². The molecule has 202 valence electrons. The van der Waals surface area contributed by atoms with Gasteiger partial charge in [0, 0.05) is 13.8 Å². The van der Waals surface area contributed by atoms with Gasteiger partial charge in [-0.15, -0.1) is 0 Å². The highest BCUT2D eigenvalue weighted by Gasteiger charge is 2.33. The normalized spacial score (nSPS) is 14.8. The summed E-state index contributed by atoms with van der Waals surface area (Å²) in [5.74, 6) is -0.594. The van der Waals surface area contributed by atoms with Crippen molar-refractivity contribution < 1.29 is 33.3 Å². The van der Waals surface area contributed by atoms with Gasteiger partial charge < -0.3 is 18.9 Å². The lowest BCUT2D eigenvalue weighted by molar-refractivity contribution is -0.139. The molecule has 1 aliphatic heterocycles. The first-order valence-corrected chi connectivity index (χ1v) is 12.8. The molecule has 10 nitrogen and oxygen atoms in total. The number of hydrogen-bond donors (Lipinski definition) is 0. The molecule has 0 amide bonds. The Bertz CT molecular complexity index is 1660. The fourth-order valence-corrected chi connectivity index (χ4v) is 5.20. The van der Waals surface area contributed by atoms with Crippen LogP contribution in [0.25, 0.3) is 6.08 Å². The molecule has 1 aliphatic rings. The van der Waals surface area contributed by atoms with Crippen LogP contribution in [0.2, 0.25) is 0 Å². The molecule has 2 heterocycles. The summed E-state index contributed by atoms with van der Waals surface area (Å²) in [5.41, 5.74) is 1.57. The van der Waals surface area contributed by atoms with E-state index < -0.39 is 23.9 Å². The van der Waals surface area contributed by atoms with Crippen molar-refractivity contribution in [3.05, 3.63) is 84.5 Å². The highest BCUT2D eigenvalue weighted by Crippen LogP contribution is 2.32. The first-order valence-electron chi connectivity index (χ1n) is 12.0. The van der Waals surface area contributed by atoms with Gasteiger partial charge in [0.15, 0.2) is 16.3 Å². The number of nitrogens with zero attached hydrogens (tertiary/aromatic N) is 2. The van der Waals surface area contributed by atoms with Gasteiger partial charge in [-0.2, -0.15) is 0 Å². The first-order chi connectivity index (χ1) is 18.6. The van der Waals surface area contributed by atoms with Gasteiger partial charge in [-0.05, 0) is 55.3 Å². The minimum absolute atomic E-state index is 0.156. The molecule has 3 aromatic rings. The Morgan fingerprint density at radius 2 is 1.72 bits per heavy atom. The fraction of sp³-hybridized carbons (Fsp3) is 0.250. The van der Waals surface area contributed by atoms with Gasteiger partial charge in [-0.1, -0.05) is 29.5 Å². The van der Waals surface area contributed by atoms with Gasteiger partial charge in [0.25, 0.3) is 5.56 Å². The van der Waals surface area contributed by atoms with Gasteiger partial charge in [-0.25, -0.2) is 9.79 Å². The fourth-order valence-electron chi connectivity index (χ4n) is 4.16. The summed E-state index contributed by atoms with van der Waals surface area (Å²) in [7, 11) is 1.45. The topological polar surface area (TPSA) is 122 Å². The van der Waals surface area contributed by atoms with Crippen molar-refractivity contribution in [2.75, 3.05) is 13.7 Å². The van der Waals surface area contributed by atoms with Crippen LogP contribution in [0, 0.1) is 0 Å². The van der Waals surface area contributed by atoms with Crippen LogP contribution < -0.4 is 29.1 Å². The van der Waals surface area contributed by atoms with E-state index in [0.29, 0.717) is 37.7 Å². The zero-order valence-electron chi connectivity index (χ0n) is 22.0. The van der Waals surface area contributed by atoms with Gasteiger partial charge in [-0.3, -0.25) is 19.0 Å². The summed E-state index contributed by atoms with van der Waals surface area (Å²) in [4.78, 5) is 54.5. The van der Waals surface area contributed by atoms with Crippen LogP contribution in [-0.4, -0.2) is 36.2 Å². The number of fused-ring (bicyclic) bond motifs is 1.